The minimum Gasteiger partial charge on any atom is -0.392 e. The Morgan fingerprint density at radius 3 is 2.20 bits per heavy atom. The molecule has 0 aromatic heterocycles. The molecule has 0 radical (unpaired) electrons. The molecule has 4 rings (SSSR count). The van der Waals surface area contributed by atoms with E-state index in [2.05, 4.69) is 0 Å². The van der Waals surface area contributed by atoms with Crippen LogP contribution in [0.1, 0.15) is 68.4 Å². The summed E-state index contributed by atoms with van der Waals surface area (Å²) in [6, 6.07) is 5.37. The molecule has 0 bridgehead atoms. The predicted octanol–water partition coefficient (Wildman–Crippen LogP) is 4.53. The van der Waals surface area contributed by atoms with Crippen LogP contribution < -0.4 is 0 Å². The number of halogens is 1. The lowest BCUT2D eigenvalue weighted by atomic mass is 9.69. The van der Waals surface area contributed by atoms with E-state index < -0.39 is 0 Å². The number of hydrogen-bond donors (Lipinski definition) is 1. The third-order valence-corrected chi connectivity index (χ3v) is 6.76. The zero-order valence-corrected chi connectivity index (χ0v) is 14.9. The minimum atomic E-state index is -0.267. The fourth-order valence-corrected chi connectivity index (χ4v) is 5.21. The second-order valence-electron chi connectivity index (χ2n) is 8.07. The molecule has 4 heteroatoms. The topological polar surface area (TPSA) is 38.7 Å². The average Bonchev–Trinajstić information content (AvgIpc) is 3.10. The number of aliphatic hydroxyl groups excluding tert-OH is 1. The maximum Gasteiger partial charge on any atom is 0.168 e. The zero-order chi connectivity index (χ0) is 17.3. The molecule has 1 aromatic rings. The van der Waals surface area contributed by atoms with Gasteiger partial charge in [0.1, 0.15) is 5.82 Å². The lowest BCUT2D eigenvalue weighted by molar-refractivity contribution is -0.185. The van der Waals surface area contributed by atoms with Crippen molar-refractivity contribution < 1.29 is 19.0 Å². The number of hydrogen-bond acceptors (Lipinski definition) is 3. The summed E-state index contributed by atoms with van der Waals surface area (Å²) in [7, 11) is 0. The van der Waals surface area contributed by atoms with Gasteiger partial charge in [-0.15, -0.1) is 0 Å². The van der Waals surface area contributed by atoms with Gasteiger partial charge in [0.05, 0.1) is 19.8 Å². The largest absolute Gasteiger partial charge is 0.392 e. The molecule has 1 saturated heterocycles. The van der Waals surface area contributed by atoms with Crippen LogP contribution in [0.4, 0.5) is 4.39 Å². The van der Waals surface area contributed by atoms with E-state index in [1.807, 2.05) is 6.07 Å². The highest BCUT2D eigenvalue weighted by atomic mass is 19.1. The van der Waals surface area contributed by atoms with Crippen LogP contribution in [0.5, 0.6) is 0 Å². The summed E-state index contributed by atoms with van der Waals surface area (Å²) in [6.45, 7) is 1.28. The number of benzene rings is 1. The molecule has 3 fully saturated rings. The van der Waals surface area contributed by atoms with Gasteiger partial charge in [0.2, 0.25) is 0 Å². The van der Waals surface area contributed by atoms with E-state index in [0.29, 0.717) is 11.5 Å². The quantitative estimate of drug-likeness (QED) is 0.872. The molecule has 0 unspecified atom stereocenters. The van der Waals surface area contributed by atoms with Crippen LogP contribution in [0.25, 0.3) is 0 Å². The maximum atomic E-state index is 13.9. The Kier molecular flexibility index (Phi) is 5.12. The van der Waals surface area contributed by atoms with E-state index in [-0.39, 0.29) is 18.2 Å². The molecule has 1 heterocycles. The molecule has 1 N–H and O–H groups in total. The van der Waals surface area contributed by atoms with Crippen LogP contribution in [0, 0.1) is 17.7 Å². The van der Waals surface area contributed by atoms with Gasteiger partial charge in [0, 0.05) is 18.4 Å². The predicted molar refractivity (Wildman–Crippen MR) is 93.6 cm³/mol. The standard InChI is InChI=1S/C21H29FO3/c22-20-13-18(5-6-19(20)14-23)16-3-1-15(2-4-16)17-7-9-21(10-8-17)24-11-12-25-21/h5-6,13,15-17,23H,1-4,7-12,14H2. The summed E-state index contributed by atoms with van der Waals surface area (Å²) >= 11 is 0. The highest BCUT2D eigenvalue weighted by Crippen LogP contribution is 2.46. The van der Waals surface area contributed by atoms with Crippen molar-refractivity contribution in [2.75, 3.05) is 13.2 Å². The van der Waals surface area contributed by atoms with Gasteiger partial charge in [-0.3, -0.25) is 0 Å². The third-order valence-electron chi connectivity index (χ3n) is 6.76. The molecule has 1 spiro atoms. The van der Waals surface area contributed by atoms with Crippen LogP contribution in [0.2, 0.25) is 0 Å². The first-order valence-electron chi connectivity index (χ1n) is 9.86. The van der Waals surface area contributed by atoms with Gasteiger partial charge in [-0.1, -0.05) is 12.1 Å². The van der Waals surface area contributed by atoms with E-state index in [4.69, 9.17) is 14.6 Å². The monoisotopic (exact) mass is 348 g/mol. The van der Waals surface area contributed by atoms with Crippen LogP contribution in [-0.4, -0.2) is 24.1 Å². The van der Waals surface area contributed by atoms with Gasteiger partial charge in [0.25, 0.3) is 0 Å². The van der Waals surface area contributed by atoms with Crippen molar-refractivity contribution in [3.8, 4) is 0 Å². The third kappa shape index (κ3) is 3.62. The molecular formula is C21H29FO3. The summed E-state index contributed by atoms with van der Waals surface area (Å²) in [5, 5.41) is 9.12. The van der Waals surface area contributed by atoms with E-state index in [1.165, 1.54) is 25.7 Å². The van der Waals surface area contributed by atoms with E-state index in [1.54, 1.807) is 12.1 Å². The Bertz CT molecular complexity index is 579. The van der Waals surface area contributed by atoms with E-state index >= 15 is 0 Å². The molecular weight excluding hydrogens is 319 g/mol. The highest BCUT2D eigenvalue weighted by Gasteiger charge is 2.42. The van der Waals surface area contributed by atoms with E-state index in [9.17, 15) is 4.39 Å². The van der Waals surface area contributed by atoms with Gasteiger partial charge in [0.15, 0.2) is 5.79 Å². The Balaban J connectivity index is 1.30. The first-order chi connectivity index (χ1) is 12.2. The Labute approximate surface area is 149 Å². The number of ether oxygens (including phenoxy) is 2. The Morgan fingerprint density at radius 1 is 0.960 bits per heavy atom. The molecule has 25 heavy (non-hydrogen) atoms. The molecule has 0 amide bonds. The fraction of sp³-hybridized carbons (Fsp3) is 0.714. The van der Waals surface area contributed by atoms with Crippen LogP contribution in [-0.2, 0) is 16.1 Å². The maximum absolute atomic E-state index is 13.9. The summed E-state index contributed by atoms with van der Waals surface area (Å²) in [6.07, 6.45) is 9.32. The minimum absolute atomic E-state index is 0.227. The molecule has 3 nitrogen and oxygen atoms in total. The van der Waals surface area contributed by atoms with Gasteiger partial charge in [-0.25, -0.2) is 4.39 Å². The SMILES string of the molecule is OCc1ccc(C2CCC(C3CCC4(CC3)OCCO4)CC2)cc1F. The van der Waals surface area contributed by atoms with Crippen molar-refractivity contribution in [3.05, 3.63) is 35.1 Å². The summed E-state index contributed by atoms with van der Waals surface area (Å²) in [5.41, 5.74) is 1.49. The molecule has 3 aliphatic rings. The van der Waals surface area contributed by atoms with Crippen molar-refractivity contribution >= 4 is 0 Å². The van der Waals surface area contributed by atoms with Crippen molar-refractivity contribution in [1.29, 1.82) is 0 Å². The molecule has 1 aromatic carbocycles. The molecule has 138 valence electrons. The van der Waals surface area contributed by atoms with Gasteiger partial charge in [-0.05, 0) is 67.9 Å². The van der Waals surface area contributed by atoms with Crippen LogP contribution >= 0.6 is 0 Å². The molecule has 1 aliphatic heterocycles. The second kappa shape index (κ2) is 7.34. The van der Waals surface area contributed by atoms with Crippen molar-refractivity contribution in [1.82, 2.24) is 0 Å². The summed E-state index contributed by atoms with van der Waals surface area (Å²) in [4.78, 5) is 0. The van der Waals surface area contributed by atoms with Gasteiger partial charge in [-0.2, -0.15) is 0 Å². The Hall–Kier alpha value is -0.970. The smallest absolute Gasteiger partial charge is 0.168 e. The number of aliphatic hydroxyl groups is 1. The van der Waals surface area contributed by atoms with Gasteiger partial charge < -0.3 is 14.6 Å². The Morgan fingerprint density at radius 2 is 1.60 bits per heavy atom. The molecule has 2 aliphatic carbocycles. The lowest BCUT2D eigenvalue weighted by Crippen LogP contribution is -2.37. The van der Waals surface area contributed by atoms with Crippen LogP contribution in [0.3, 0.4) is 0 Å². The van der Waals surface area contributed by atoms with Crippen LogP contribution in [0.15, 0.2) is 18.2 Å². The second-order valence-corrected chi connectivity index (χ2v) is 8.07. The van der Waals surface area contributed by atoms with Crippen molar-refractivity contribution in [3.63, 3.8) is 0 Å². The number of rotatable bonds is 3. The summed E-state index contributed by atoms with van der Waals surface area (Å²) in [5.74, 6) is 1.55. The van der Waals surface area contributed by atoms with Gasteiger partial charge >= 0.3 is 0 Å². The molecule has 0 atom stereocenters. The fourth-order valence-electron chi connectivity index (χ4n) is 5.21. The lowest BCUT2D eigenvalue weighted by Gasteiger charge is -2.41. The first-order valence-corrected chi connectivity index (χ1v) is 9.86. The first kappa shape index (κ1) is 17.4. The zero-order valence-electron chi connectivity index (χ0n) is 14.9. The molecule has 2 saturated carbocycles. The average molecular weight is 348 g/mol. The highest BCUT2D eigenvalue weighted by molar-refractivity contribution is 5.27. The van der Waals surface area contributed by atoms with Crippen molar-refractivity contribution in [2.24, 2.45) is 11.8 Å². The van der Waals surface area contributed by atoms with Crippen molar-refractivity contribution in [2.45, 2.75) is 69.7 Å². The van der Waals surface area contributed by atoms with E-state index in [0.717, 1.165) is 56.3 Å². The normalized spacial score (nSPS) is 30.0. The summed E-state index contributed by atoms with van der Waals surface area (Å²) < 4.78 is 25.6.